The molecule has 1 aliphatic heterocycles. The summed E-state index contributed by atoms with van der Waals surface area (Å²) in [5, 5.41) is 4.94. The highest BCUT2D eigenvalue weighted by Gasteiger charge is 2.34. The predicted octanol–water partition coefficient (Wildman–Crippen LogP) is 1.26. The van der Waals surface area contributed by atoms with E-state index in [2.05, 4.69) is 5.32 Å². The van der Waals surface area contributed by atoms with E-state index < -0.39 is 10.0 Å². The molecule has 3 rings (SSSR count). The monoisotopic (exact) mass is 372 g/mol. The Labute approximate surface area is 147 Å². The molecule has 0 aromatic carbocycles. The molecule has 6 nitrogen and oxygen atoms in total. The molecular formula is C16H24N2O4S2. The first-order valence-corrected chi connectivity index (χ1v) is 10.8. The average Bonchev–Trinajstić information content (AvgIpc) is 3.13. The number of carbonyl (C=O) groups is 1. The molecule has 2 heterocycles. The Bertz CT molecular complexity index is 712. The average molecular weight is 373 g/mol. The summed E-state index contributed by atoms with van der Waals surface area (Å²) in [5.74, 6) is -0.319. The molecule has 8 heteroatoms. The lowest BCUT2D eigenvalue weighted by Gasteiger charge is -2.21. The Balaban J connectivity index is 1.68. The van der Waals surface area contributed by atoms with E-state index in [1.165, 1.54) is 35.3 Å². The maximum atomic E-state index is 12.7. The van der Waals surface area contributed by atoms with Crippen molar-refractivity contribution in [2.75, 3.05) is 33.1 Å². The molecule has 134 valence electrons. The van der Waals surface area contributed by atoms with E-state index in [0.717, 1.165) is 24.8 Å². The van der Waals surface area contributed by atoms with Crippen LogP contribution in [0.15, 0.2) is 5.38 Å². The third-order valence-corrected chi connectivity index (χ3v) is 7.85. The van der Waals surface area contributed by atoms with Crippen molar-refractivity contribution in [3.63, 3.8) is 0 Å². The van der Waals surface area contributed by atoms with Crippen molar-refractivity contribution in [2.45, 2.75) is 31.7 Å². The third kappa shape index (κ3) is 3.66. The number of fused-ring (bicyclic) bond motifs is 1. The lowest BCUT2D eigenvalue weighted by atomic mass is 9.95. The van der Waals surface area contributed by atoms with Gasteiger partial charge < -0.3 is 10.1 Å². The lowest BCUT2D eigenvalue weighted by molar-refractivity contribution is 0.0925. The van der Waals surface area contributed by atoms with Gasteiger partial charge >= 0.3 is 0 Å². The van der Waals surface area contributed by atoms with Gasteiger partial charge in [-0.25, -0.2) is 12.7 Å². The van der Waals surface area contributed by atoms with Gasteiger partial charge in [-0.3, -0.25) is 4.79 Å². The number of hydrogen-bond acceptors (Lipinski definition) is 5. The summed E-state index contributed by atoms with van der Waals surface area (Å²) in [6.45, 7) is 0.728. The van der Waals surface area contributed by atoms with Crippen LogP contribution in [0.25, 0.3) is 0 Å². The molecule has 0 bridgehead atoms. The van der Waals surface area contributed by atoms with Crippen LogP contribution in [0.3, 0.4) is 0 Å². The quantitative estimate of drug-likeness (QED) is 0.844. The number of sulfonamides is 1. The van der Waals surface area contributed by atoms with Crippen molar-refractivity contribution in [3.05, 3.63) is 21.4 Å². The molecule has 1 aromatic rings. The van der Waals surface area contributed by atoms with Crippen molar-refractivity contribution in [2.24, 2.45) is 5.92 Å². The summed E-state index contributed by atoms with van der Waals surface area (Å²) < 4.78 is 30.8. The number of rotatable bonds is 5. The number of hydrogen-bond donors (Lipinski definition) is 1. The second-order valence-corrected chi connectivity index (χ2v) is 9.89. The molecular weight excluding hydrogens is 348 g/mol. The number of carbonyl (C=O) groups excluding carboxylic acids is 1. The Hall–Kier alpha value is -0.960. The van der Waals surface area contributed by atoms with E-state index >= 15 is 0 Å². The largest absolute Gasteiger partial charge is 0.379 e. The van der Waals surface area contributed by atoms with Crippen molar-refractivity contribution in [3.8, 4) is 0 Å². The first kappa shape index (κ1) is 17.8. The highest BCUT2D eigenvalue weighted by molar-refractivity contribution is 7.89. The molecule has 1 aliphatic carbocycles. The summed E-state index contributed by atoms with van der Waals surface area (Å²) in [7, 11) is -0.266. The zero-order chi connectivity index (χ0) is 17.3. The minimum Gasteiger partial charge on any atom is -0.379 e. The van der Waals surface area contributed by atoms with Gasteiger partial charge in [0.25, 0.3) is 5.91 Å². The number of aryl methyl sites for hydroxylation is 1. The zero-order valence-corrected chi connectivity index (χ0v) is 15.7. The van der Waals surface area contributed by atoms with E-state index in [-0.39, 0.29) is 23.6 Å². The van der Waals surface area contributed by atoms with Crippen LogP contribution < -0.4 is 5.32 Å². The minimum absolute atomic E-state index is 0.00725. The highest BCUT2D eigenvalue weighted by atomic mass is 32.2. The van der Waals surface area contributed by atoms with Crippen LogP contribution in [0, 0.1) is 5.92 Å². The standard InChI is InChI=1S/C16H24N2O4S2/c1-18(2)24(20,21)10-11-7-22-8-14(11)17-16(19)13-9-23-15-6-4-3-5-12(13)15/h9,11,14H,3-8,10H2,1-2H3,(H,17,19)/t11-,14-/m0/s1. The number of nitrogens with one attached hydrogen (secondary N) is 1. The highest BCUT2D eigenvalue weighted by Crippen LogP contribution is 2.30. The van der Waals surface area contributed by atoms with Crippen LogP contribution >= 0.6 is 11.3 Å². The van der Waals surface area contributed by atoms with E-state index in [4.69, 9.17) is 4.74 Å². The Kier molecular flexibility index (Phi) is 5.29. The Morgan fingerprint density at radius 1 is 1.33 bits per heavy atom. The fourth-order valence-corrected chi connectivity index (χ4v) is 5.57. The van der Waals surface area contributed by atoms with Gasteiger partial charge in [-0.2, -0.15) is 0 Å². The fraction of sp³-hybridized carbons (Fsp3) is 0.688. The second kappa shape index (κ2) is 7.11. The number of nitrogens with zero attached hydrogens (tertiary/aromatic N) is 1. The van der Waals surface area contributed by atoms with Crippen LogP contribution in [-0.2, 0) is 27.6 Å². The van der Waals surface area contributed by atoms with E-state index in [9.17, 15) is 13.2 Å². The maximum Gasteiger partial charge on any atom is 0.252 e. The molecule has 1 N–H and O–H groups in total. The predicted molar refractivity (Wildman–Crippen MR) is 94.0 cm³/mol. The fourth-order valence-electron chi connectivity index (χ4n) is 3.27. The second-order valence-electron chi connectivity index (χ2n) is 6.70. The number of thiophene rings is 1. The van der Waals surface area contributed by atoms with E-state index in [1.807, 2.05) is 5.38 Å². The number of amides is 1. The van der Waals surface area contributed by atoms with Crippen LogP contribution in [0.2, 0.25) is 0 Å². The normalized spacial score (nSPS) is 24.1. The smallest absolute Gasteiger partial charge is 0.252 e. The van der Waals surface area contributed by atoms with E-state index in [0.29, 0.717) is 13.2 Å². The molecule has 1 aromatic heterocycles. The molecule has 2 aliphatic rings. The van der Waals surface area contributed by atoms with Gasteiger partial charge in [-0.05, 0) is 31.2 Å². The van der Waals surface area contributed by atoms with Gasteiger partial charge in [-0.15, -0.1) is 11.3 Å². The Morgan fingerprint density at radius 3 is 2.83 bits per heavy atom. The summed E-state index contributed by atoms with van der Waals surface area (Å²) >= 11 is 1.66. The summed E-state index contributed by atoms with van der Waals surface area (Å²) in [4.78, 5) is 14.0. The van der Waals surface area contributed by atoms with Gasteiger partial charge in [0.2, 0.25) is 10.0 Å². The van der Waals surface area contributed by atoms with Gasteiger partial charge in [0.1, 0.15) is 0 Å². The van der Waals surface area contributed by atoms with Crippen LogP contribution in [-0.4, -0.2) is 57.7 Å². The van der Waals surface area contributed by atoms with Gasteiger partial charge in [0, 0.05) is 30.3 Å². The maximum absolute atomic E-state index is 12.7. The third-order valence-electron chi connectivity index (χ3n) is 4.80. The van der Waals surface area contributed by atoms with Crippen LogP contribution in [0.5, 0.6) is 0 Å². The molecule has 0 spiro atoms. The van der Waals surface area contributed by atoms with Crippen LogP contribution in [0.4, 0.5) is 0 Å². The molecule has 1 saturated heterocycles. The molecule has 0 saturated carbocycles. The summed E-state index contributed by atoms with van der Waals surface area (Å²) in [6, 6.07) is -0.258. The molecule has 1 fully saturated rings. The summed E-state index contributed by atoms with van der Waals surface area (Å²) in [5.41, 5.74) is 1.94. The van der Waals surface area contributed by atoms with Crippen LogP contribution in [0.1, 0.15) is 33.6 Å². The molecule has 24 heavy (non-hydrogen) atoms. The Morgan fingerprint density at radius 2 is 2.08 bits per heavy atom. The van der Waals surface area contributed by atoms with Gasteiger partial charge in [0.15, 0.2) is 0 Å². The molecule has 0 radical (unpaired) electrons. The van der Waals surface area contributed by atoms with Crippen molar-refractivity contribution >= 4 is 27.3 Å². The van der Waals surface area contributed by atoms with E-state index in [1.54, 1.807) is 11.3 Å². The minimum atomic E-state index is -3.31. The first-order valence-electron chi connectivity index (χ1n) is 8.26. The lowest BCUT2D eigenvalue weighted by Crippen LogP contribution is -2.43. The van der Waals surface area contributed by atoms with Crippen molar-refractivity contribution < 1.29 is 17.9 Å². The zero-order valence-electron chi connectivity index (χ0n) is 14.1. The topological polar surface area (TPSA) is 75.7 Å². The number of ether oxygens (including phenoxy) is 1. The molecule has 0 unspecified atom stereocenters. The van der Waals surface area contributed by atoms with Gasteiger partial charge in [0.05, 0.1) is 30.6 Å². The molecule has 2 atom stereocenters. The molecule has 1 amide bonds. The SMILES string of the molecule is CN(C)S(=O)(=O)C[C@@H]1COC[C@@H]1NC(=O)c1csc2c1CCCC2. The van der Waals surface area contributed by atoms with Gasteiger partial charge in [-0.1, -0.05) is 0 Å². The van der Waals surface area contributed by atoms with Crippen molar-refractivity contribution in [1.29, 1.82) is 0 Å². The summed E-state index contributed by atoms with van der Waals surface area (Å²) in [6.07, 6.45) is 4.33. The first-order chi connectivity index (χ1) is 11.4. The van der Waals surface area contributed by atoms with Crippen molar-refractivity contribution in [1.82, 2.24) is 9.62 Å².